The van der Waals surface area contributed by atoms with Crippen LogP contribution in [0.3, 0.4) is 0 Å². The van der Waals surface area contributed by atoms with Gasteiger partial charge in [-0.1, -0.05) is 36.4 Å². The Kier molecular flexibility index (Phi) is 7.52. The predicted octanol–water partition coefficient (Wildman–Crippen LogP) is 3.97. The third-order valence-corrected chi connectivity index (χ3v) is 7.10. The van der Waals surface area contributed by atoms with E-state index in [2.05, 4.69) is 0 Å². The van der Waals surface area contributed by atoms with Gasteiger partial charge in [0.1, 0.15) is 28.2 Å². The van der Waals surface area contributed by atoms with Gasteiger partial charge in [-0.05, 0) is 6.07 Å². The number of amides is 1. The van der Waals surface area contributed by atoms with Crippen LogP contribution in [-0.2, 0) is 9.53 Å². The molecular weight excluding hydrogens is 518 g/mol. The highest BCUT2D eigenvalue weighted by Gasteiger charge is 2.34. The quantitative estimate of drug-likeness (QED) is 0.293. The lowest BCUT2D eigenvalue weighted by Gasteiger charge is -2.29. The molecule has 0 bridgehead atoms. The van der Waals surface area contributed by atoms with Gasteiger partial charge >= 0.3 is 0 Å². The number of phenolic OH excluding ortho intramolecular Hbond substituents is 3. The van der Waals surface area contributed by atoms with Crippen LogP contribution in [0.25, 0.3) is 22.3 Å². The molecule has 10 heteroatoms. The molecule has 0 aliphatic carbocycles. The molecule has 2 heterocycles. The van der Waals surface area contributed by atoms with Crippen molar-refractivity contribution in [1.29, 1.82) is 0 Å². The molecule has 1 atom stereocenters. The van der Waals surface area contributed by atoms with E-state index in [-0.39, 0.29) is 34.6 Å². The summed E-state index contributed by atoms with van der Waals surface area (Å²) in [5.74, 6) is -2.59. The molecule has 1 aromatic heterocycles. The van der Waals surface area contributed by atoms with Crippen LogP contribution in [0.5, 0.6) is 28.7 Å². The molecule has 5 rings (SSSR count). The first-order valence-electron chi connectivity index (χ1n) is 12.7. The maximum Gasteiger partial charge on any atom is 0.223 e. The number of hydrogen-bond donors (Lipinski definition) is 3. The predicted molar refractivity (Wildman–Crippen MR) is 146 cm³/mol. The first kappa shape index (κ1) is 26.9. The van der Waals surface area contributed by atoms with E-state index < -0.39 is 28.6 Å². The lowest BCUT2D eigenvalue weighted by Crippen LogP contribution is -2.41. The van der Waals surface area contributed by atoms with E-state index in [9.17, 15) is 24.9 Å². The van der Waals surface area contributed by atoms with Gasteiger partial charge < -0.3 is 38.8 Å². The second-order valence-corrected chi connectivity index (χ2v) is 9.36. The topological polar surface area (TPSA) is 139 Å². The van der Waals surface area contributed by atoms with Crippen LogP contribution in [-0.4, -0.2) is 66.6 Å². The summed E-state index contributed by atoms with van der Waals surface area (Å²) in [6, 6.07) is 15.1. The van der Waals surface area contributed by atoms with E-state index in [1.807, 2.05) is 6.07 Å². The van der Waals surface area contributed by atoms with Crippen LogP contribution in [0.2, 0.25) is 0 Å². The zero-order valence-electron chi connectivity index (χ0n) is 22.0. The second kappa shape index (κ2) is 11.2. The first-order chi connectivity index (χ1) is 19.3. The molecular formula is C30H29NO9. The molecule has 3 N–H and O–H groups in total. The van der Waals surface area contributed by atoms with Crippen molar-refractivity contribution in [3.63, 3.8) is 0 Å². The number of hydrogen-bond acceptors (Lipinski definition) is 9. The van der Waals surface area contributed by atoms with Gasteiger partial charge in [-0.15, -0.1) is 0 Å². The molecule has 208 valence electrons. The summed E-state index contributed by atoms with van der Waals surface area (Å²) in [6.07, 6.45) is -0.172. The van der Waals surface area contributed by atoms with Gasteiger partial charge in [-0.3, -0.25) is 9.59 Å². The Labute approximate surface area is 229 Å². The Hall–Kier alpha value is -4.70. The average molecular weight is 548 g/mol. The third-order valence-electron chi connectivity index (χ3n) is 7.10. The Balaban J connectivity index is 1.79. The molecule has 1 aliphatic heterocycles. The molecule has 1 amide bonds. The fraction of sp³-hybridized carbons (Fsp3) is 0.267. The van der Waals surface area contributed by atoms with E-state index >= 15 is 0 Å². The number of fused-ring (bicyclic) bond motifs is 1. The summed E-state index contributed by atoms with van der Waals surface area (Å²) >= 11 is 0. The largest absolute Gasteiger partial charge is 0.504 e. The van der Waals surface area contributed by atoms with Crippen molar-refractivity contribution >= 4 is 16.9 Å². The van der Waals surface area contributed by atoms with Crippen LogP contribution in [0.1, 0.15) is 23.5 Å². The maximum absolute atomic E-state index is 13.6. The van der Waals surface area contributed by atoms with Gasteiger partial charge in [0.25, 0.3) is 0 Å². The third kappa shape index (κ3) is 4.89. The zero-order chi connectivity index (χ0) is 28.4. The van der Waals surface area contributed by atoms with Crippen LogP contribution in [0, 0.1) is 0 Å². The van der Waals surface area contributed by atoms with Crippen LogP contribution < -0.4 is 14.9 Å². The first-order valence-corrected chi connectivity index (χ1v) is 12.7. The van der Waals surface area contributed by atoms with Gasteiger partial charge in [0.2, 0.25) is 11.7 Å². The van der Waals surface area contributed by atoms with Gasteiger partial charge in [-0.2, -0.15) is 0 Å². The smallest absolute Gasteiger partial charge is 0.223 e. The molecule has 40 heavy (non-hydrogen) atoms. The number of rotatable bonds is 7. The van der Waals surface area contributed by atoms with Crippen LogP contribution in [0.15, 0.2) is 63.8 Å². The minimum Gasteiger partial charge on any atom is -0.504 e. The fourth-order valence-corrected chi connectivity index (χ4v) is 5.03. The highest BCUT2D eigenvalue weighted by atomic mass is 16.5. The van der Waals surface area contributed by atoms with Gasteiger partial charge in [0, 0.05) is 54.3 Å². The standard InChI is InChI=1S/C30H29NO9/c1-37-18-8-9-19(23(14-18)38-2)20(15-24(33)31-10-12-39-13-11-31)25-27(34)29(36)28(35)26-21(32)16-22(40-30(25)26)17-6-4-3-5-7-17/h3-9,14,16,20,34-36H,10-13,15H2,1-2H3/t20-/m0/s1. The number of phenols is 3. The van der Waals surface area contributed by atoms with Crippen LogP contribution in [0.4, 0.5) is 0 Å². The Morgan fingerprint density at radius 3 is 2.35 bits per heavy atom. The van der Waals surface area contributed by atoms with Crippen molar-refractivity contribution in [3.8, 4) is 40.1 Å². The number of morpholine rings is 1. The number of carbonyl (C=O) groups excluding carboxylic acids is 1. The highest BCUT2D eigenvalue weighted by Crippen LogP contribution is 2.50. The number of nitrogens with zero attached hydrogens (tertiary/aromatic N) is 1. The second-order valence-electron chi connectivity index (χ2n) is 9.36. The molecule has 1 saturated heterocycles. The monoisotopic (exact) mass is 547 g/mol. The average Bonchev–Trinajstić information content (AvgIpc) is 2.99. The summed E-state index contributed by atoms with van der Waals surface area (Å²) < 4.78 is 22.5. The molecule has 0 spiro atoms. The molecule has 0 unspecified atom stereocenters. The summed E-state index contributed by atoms with van der Waals surface area (Å²) in [4.78, 5) is 28.5. The minimum absolute atomic E-state index is 0.0368. The minimum atomic E-state index is -0.959. The molecule has 3 aromatic carbocycles. The summed E-state index contributed by atoms with van der Waals surface area (Å²) in [5.41, 5.74) is 0.234. The lowest BCUT2D eigenvalue weighted by atomic mass is 9.85. The van der Waals surface area contributed by atoms with Crippen molar-refractivity contribution in [1.82, 2.24) is 4.90 Å². The van der Waals surface area contributed by atoms with Gasteiger partial charge in [0.05, 0.1) is 27.4 Å². The van der Waals surface area contributed by atoms with E-state index in [4.69, 9.17) is 18.6 Å². The normalized spacial score (nSPS) is 14.2. The lowest BCUT2D eigenvalue weighted by molar-refractivity contribution is -0.135. The van der Waals surface area contributed by atoms with E-state index in [1.54, 1.807) is 47.4 Å². The van der Waals surface area contributed by atoms with Crippen molar-refractivity contribution in [2.75, 3.05) is 40.5 Å². The maximum atomic E-state index is 13.6. The number of carbonyl (C=O) groups is 1. The number of aromatic hydroxyl groups is 3. The van der Waals surface area contributed by atoms with Gasteiger partial charge in [-0.25, -0.2) is 0 Å². The van der Waals surface area contributed by atoms with Gasteiger partial charge in [0.15, 0.2) is 16.9 Å². The molecule has 1 fully saturated rings. The highest BCUT2D eigenvalue weighted by molar-refractivity contribution is 5.94. The van der Waals surface area contributed by atoms with E-state index in [1.165, 1.54) is 20.3 Å². The Morgan fingerprint density at radius 1 is 0.950 bits per heavy atom. The molecule has 4 aromatic rings. The number of methoxy groups -OCH3 is 2. The number of benzene rings is 3. The Bertz CT molecular complexity index is 1610. The van der Waals surface area contributed by atoms with Crippen LogP contribution >= 0.6 is 0 Å². The Morgan fingerprint density at radius 2 is 1.68 bits per heavy atom. The SMILES string of the molecule is COc1ccc([C@H](CC(=O)N2CCOCC2)c2c(O)c(O)c(O)c3c(=O)cc(-c4ccccc4)oc23)c(OC)c1. The molecule has 0 saturated carbocycles. The summed E-state index contributed by atoms with van der Waals surface area (Å²) in [7, 11) is 2.96. The summed E-state index contributed by atoms with van der Waals surface area (Å²) in [5, 5.41) is 32.4. The van der Waals surface area contributed by atoms with Crippen molar-refractivity contribution in [2.45, 2.75) is 12.3 Å². The zero-order valence-corrected chi connectivity index (χ0v) is 22.0. The molecule has 10 nitrogen and oxygen atoms in total. The summed E-state index contributed by atoms with van der Waals surface area (Å²) in [6.45, 7) is 1.58. The molecule has 0 radical (unpaired) electrons. The van der Waals surface area contributed by atoms with Crippen molar-refractivity contribution in [3.05, 3.63) is 75.9 Å². The van der Waals surface area contributed by atoms with E-state index in [0.29, 0.717) is 48.9 Å². The molecule has 1 aliphatic rings. The van der Waals surface area contributed by atoms with Crippen molar-refractivity contribution < 1.29 is 38.7 Å². The fourth-order valence-electron chi connectivity index (χ4n) is 5.03. The van der Waals surface area contributed by atoms with Crippen molar-refractivity contribution in [2.24, 2.45) is 0 Å². The number of ether oxygens (including phenoxy) is 3. The van der Waals surface area contributed by atoms with E-state index in [0.717, 1.165) is 0 Å².